The Morgan fingerprint density at radius 2 is 1.71 bits per heavy atom. The van der Waals surface area contributed by atoms with E-state index in [4.69, 9.17) is 5.41 Å². The quantitative estimate of drug-likeness (QED) is 0.619. The molecule has 170 valence electrons. The molecular weight excluding hydrogens is 388 g/mol. The second kappa shape index (κ2) is 10.3. The highest BCUT2D eigenvalue weighted by Crippen LogP contribution is 2.32. The summed E-state index contributed by atoms with van der Waals surface area (Å²) in [5.74, 6) is 0.300. The van der Waals surface area contributed by atoms with Gasteiger partial charge in [0.25, 0.3) is 5.91 Å². The van der Waals surface area contributed by atoms with Crippen molar-refractivity contribution in [2.45, 2.75) is 89.6 Å². The fourth-order valence-corrected chi connectivity index (χ4v) is 4.94. The van der Waals surface area contributed by atoms with Crippen LogP contribution < -0.4 is 5.32 Å². The molecule has 6 nitrogen and oxygen atoms in total. The molecule has 2 heterocycles. The first kappa shape index (κ1) is 23.3. The maximum atomic E-state index is 13.5. The third-order valence-corrected chi connectivity index (χ3v) is 6.95. The van der Waals surface area contributed by atoms with Gasteiger partial charge in [0.15, 0.2) is 5.96 Å². The van der Waals surface area contributed by atoms with Crippen LogP contribution >= 0.6 is 0 Å². The summed E-state index contributed by atoms with van der Waals surface area (Å²) in [6.07, 6.45) is 7.05. The average molecular weight is 427 g/mol. The van der Waals surface area contributed by atoms with E-state index in [9.17, 15) is 9.59 Å². The Balaban J connectivity index is 1.64. The van der Waals surface area contributed by atoms with Crippen LogP contribution in [-0.2, 0) is 9.59 Å². The standard InChI is InChI=1S/C25H38N4O2/c1-4-6-15-25(16-7-5-2)23(31)29(24(26)27-25)21-13-17-28(18-14-21)22(30)19(3)20-11-9-8-10-12-20/h8-12,19,21H,4-7,13-18H2,1-3H3,(H2,26,27). The molecular formula is C25H38N4O2. The zero-order chi connectivity index (χ0) is 22.4. The van der Waals surface area contributed by atoms with Gasteiger partial charge in [-0.05, 0) is 38.2 Å². The normalized spacial score (nSPS) is 20.1. The van der Waals surface area contributed by atoms with Gasteiger partial charge in [-0.3, -0.25) is 19.9 Å². The number of hydrogen-bond donors (Lipinski definition) is 2. The molecule has 2 saturated heterocycles. The molecule has 0 aromatic heterocycles. The van der Waals surface area contributed by atoms with E-state index in [0.29, 0.717) is 13.1 Å². The first-order valence-electron chi connectivity index (χ1n) is 12.0. The van der Waals surface area contributed by atoms with Crippen molar-refractivity contribution in [2.24, 2.45) is 0 Å². The number of unbranched alkanes of at least 4 members (excludes halogenated alkanes) is 2. The molecule has 0 bridgehead atoms. The predicted molar refractivity (Wildman–Crippen MR) is 124 cm³/mol. The zero-order valence-electron chi connectivity index (χ0n) is 19.3. The van der Waals surface area contributed by atoms with Gasteiger partial charge in [-0.25, -0.2) is 0 Å². The Kier molecular flexibility index (Phi) is 7.74. The molecule has 1 atom stereocenters. The van der Waals surface area contributed by atoms with E-state index in [1.54, 1.807) is 4.90 Å². The number of guanidine groups is 1. The average Bonchev–Trinajstić information content (AvgIpc) is 3.05. The highest BCUT2D eigenvalue weighted by atomic mass is 16.2. The number of piperidine rings is 1. The van der Waals surface area contributed by atoms with Crippen molar-refractivity contribution in [1.82, 2.24) is 15.1 Å². The lowest BCUT2D eigenvalue weighted by Crippen LogP contribution is -2.51. The minimum Gasteiger partial charge on any atom is -0.342 e. The summed E-state index contributed by atoms with van der Waals surface area (Å²) in [4.78, 5) is 30.1. The van der Waals surface area contributed by atoms with E-state index < -0.39 is 5.54 Å². The number of amides is 2. The molecule has 2 amide bonds. The predicted octanol–water partition coefficient (Wildman–Crippen LogP) is 4.27. The summed E-state index contributed by atoms with van der Waals surface area (Å²) < 4.78 is 0. The van der Waals surface area contributed by atoms with Crippen LogP contribution in [0.2, 0.25) is 0 Å². The van der Waals surface area contributed by atoms with Gasteiger partial charge in [0.1, 0.15) is 5.54 Å². The number of hydrogen-bond acceptors (Lipinski definition) is 3. The van der Waals surface area contributed by atoms with Crippen LogP contribution in [0, 0.1) is 5.41 Å². The number of likely N-dealkylation sites (tertiary alicyclic amines) is 1. The highest BCUT2D eigenvalue weighted by molar-refractivity contribution is 6.08. The first-order valence-corrected chi connectivity index (χ1v) is 12.0. The number of rotatable bonds is 9. The molecule has 2 aliphatic heterocycles. The molecule has 0 radical (unpaired) electrons. The largest absolute Gasteiger partial charge is 0.342 e. The van der Waals surface area contributed by atoms with Gasteiger partial charge in [-0.2, -0.15) is 0 Å². The van der Waals surface area contributed by atoms with Gasteiger partial charge in [0.2, 0.25) is 5.91 Å². The molecule has 1 aromatic rings. The smallest absolute Gasteiger partial charge is 0.255 e. The fraction of sp³-hybridized carbons (Fsp3) is 0.640. The summed E-state index contributed by atoms with van der Waals surface area (Å²) >= 11 is 0. The molecule has 3 rings (SSSR count). The molecule has 31 heavy (non-hydrogen) atoms. The van der Waals surface area contributed by atoms with Crippen molar-refractivity contribution in [1.29, 1.82) is 5.41 Å². The topological polar surface area (TPSA) is 76.5 Å². The maximum absolute atomic E-state index is 13.5. The van der Waals surface area contributed by atoms with Gasteiger partial charge >= 0.3 is 0 Å². The van der Waals surface area contributed by atoms with Crippen molar-refractivity contribution < 1.29 is 9.59 Å². The fourth-order valence-electron chi connectivity index (χ4n) is 4.94. The molecule has 0 aliphatic carbocycles. The number of carbonyl (C=O) groups excluding carboxylic acids is 2. The second-order valence-electron chi connectivity index (χ2n) is 9.13. The van der Waals surface area contributed by atoms with Crippen molar-refractivity contribution in [3.05, 3.63) is 35.9 Å². The molecule has 0 spiro atoms. The van der Waals surface area contributed by atoms with E-state index in [2.05, 4.69) is 19.2 Å². The Bertz CT molecular complexity index is 763. The van der Waals surface area contributed by atoms with Crippen LogP contribution in [-0.4, -0.2) is 52.2 Å². The SMILES string of the molecule is CCCCC1(CCCC)NC(=N)N(C2CCN(C(=O)C(C)c3ccccc3)CC2)C1=O. The Morgan fingerprint density at radius 1 is 1.13 bits per heavy atom. The summed E-state index contributed by atoms with van der Waals surface area (Å²) in [7, 11) is 0. The molecule has 2 fully saturated rings. The van der Waals surface area contributed by atoms with Gasteiger partial charge < -0.3 is 10.2 Å². The van der Waals surface area contributed by atoms with Gasteiger partial charge in [-0.1, -0.05) is 69.9 Å². The zero-order valence-corrected chi connectivity index (χ0v) is 19.3. The van der Waals surface area contributed by atoms with E-state index in [1.807, 2.05) is 42.2 Å². The Labute approximate surface area is 186 Å². The van der Waals surface area contributed by atoms with Crippen molar-refractivity contribution in [3.8, 4) is 0 Å². The van der Waals surface area contributed by atoms with Crippen molar-refractivity contribution in [2.75, 3.05) is 13.1 Å². The molecule has 0 saturated carbocycles. The minimum absolute atomic E-state index is 0.00582. The second-order valence-corrected chi connectivity index (χ2v) is 9.13. The minimum atomic E-state index is -0.613. The lowest BCUT2D eigenvalue weighted by atomic mass is 9.86. The summed E-state index contributed by atoms with van der Waals surface area (Å²) in [5, 5.41) is 11.8. The maximum Gasteiger partial charge on any atom is 0.255 e. The monoisotopic (exact) mass is 426 g/mol. The number of carbonyl (C=O) groups is 2. The number of nitrogens with zero attached hydrogens (tertiary/aromatic N) is 2. The summed E-state index contributed by atoms with van der Waals surface area (Å²) in [5.41, 5.74) is 0.421. The third kappa shape index (κ3) is 4.94. The van der Waals surface area contributed by atoms with Gasteiger partial charge in [-0.15, -0.1) is 0 Å². The van der Waals surface area contributed by atoms with E-state index in [-0.39, 0.29) is 29.7 Å². The van der Waals surface area contributed by atoms with Crippen LogP contribution in [0.3, 0.4) is 0 Å². The lowest BCUT2D eigenvalue weighted by molar-refractivity contribution is -0.136. The van der Waals surface area contributed by atoms with Crippen LogP contribution in [0.25, 0.3) is 0 Å². The van der Waals surface area contributed by atoms with Crippen LogP contribution in [0.5, 0.6) is 0 Å². The van der Waals surface area contributed by atoms with Gasteiger partial charge in [0, 0.05) is 19.1 Å². The van der Waals surface area contributed by atoms with E-state index in [1.165, 1.54) is 0 Å². The van der Waals surface area contributed by atoms with E-state index >= 15 is 0 Å². The van der Waals surface area contributed by atoms with Gasteiger partial charge in [0.05, 0.1) is 5.92 Å². The molecule has 2 aliphatic rings. The summed E-state index contributed by atoms with van der Waals surface area (Å²) in [6.45, 7) is 7.50. The molecule has 1 unspecified atom stereocenters. The summed E-state index contributed by atoms with van der Waals surface area (Å²) in [6, 6.07) is 9.88. The Morgan fingerprint density at radius 3 is 2.26 bits per heavy atom. The molecule has 6 heteroatoms. The lowest BCUT2D eigenvalue weighted by Gasteiger charge is -2.37. The van der Waals surface area contributed by atoms with E-state index in [0.717, 1.165) is 56.9 Å². The number of benzene rings is 1. The Hall–Kier alpha value is -2.37. The number of nitrogens with one attached hydrogen (secondary N) is 2. The van der Waals surface area contributed by atoms with Crippen LogP contribution in [0.15, 0.2) is 30.3 Å². The molecule has 1 aromatic carbocycles. The van der Waals surface area contributed by atoms with Crippen molar-refractivity contribution >= 4 is 17.8 Å². The third-order valence-electron chi connectivity index (χ3n) is 6.95. The van der Waals surface area contributed by atoms with Crippen LogP contribution in [0.4, 0.5) is 0 Å². The molecule has 2 N–H and O–H groups in total. The first-order chi connectivity index (χ1) is 14.9. The van der Waals surface area contributed by atoms with Crippen molar-refractivity contribution in [3.63, 3.8) is 0 Å². The highest BCUT2D eigenvalue weighted by Gasteiger charge is 2.50. The van der Waals surface area contributed by atoms with Crippen LogP contribution in [0.1, 0.15) is 83.6 Å².